The van der Waals surface area contributed by atoms with E-state index in [-0.39, 0.29) is 11.5 Å². The third-order valence-corrected chi connectivity index (χ3v) is 4.51. The molecule has 0 amide bonds. The molecule has 2 atom stereocenters. The van der Waals surface area contributed by atoms with Crippen molar-refractivity contribution in [3.8, 4) is 0 Å². The summed E-state index contributed by atoms with van der Waals surface area (Å²) in [4.78, 5) is 4.66. The van der Waals surface area contributed by atoms with Crippen molar-refractivity contribution in [2.75, 3.05) is 0 Å². The lowest BCUT2D eigenvalue weighted by Gasteiger charge is -2.34. The van der Waals surface area contributed by atoms with Crippen LogP contribution in [0.4, 0.5) is 0 Å². The third kappa shape index (κ3) is 3.31. The Kier molecular flexibility index (Phi) is 3.81. The average Bonchev–Trinajstić information content (AvgIpc) is 2.64. The molecule has 1 aliphatic rings. The van der Waals surface area contributed by atoms with Crippen LogP contribution in [0.15, 0.2) is 5.38 Å². The quantitative estimate of drug-likeness (QED) is 0.867. The number of hydrogen-bond donors (Lipinski definition) is 2. The van der Waals surface area contributed by atoms with Gasteiger partial charge in [0.15, 0.2) is 0 Å². The zero-order valence-electron chi connectivity index (χ0n) is 11.6. The maximum atomic E-state index is 10.6. The second kappa shape index (κ2) is 4.91. The molecule has 3 nitrogen and oxygen atoms in total. The van der Waals surface area contributed by atoms with E-state index in [2.05, 4.69) is 31.1 Å². The van der Waals surface area contributed by atoms with Gasteiger partial charge in [0.1, 0.15) is 0 Å². The minimum absolute atomic E-state index is 0.0837. The standard InChI is InChI=1S/C14H24N2OS/c1-13(2,3)11-9-18-12(16-11)8-14(17)6-4-5-10(15)7-14/h9-10,17H,4-8,15H2,1-3H3. The summed E-state index contributed by atoms with van der Waals surface area (Å²) in [5, 5.41) is 13.7. The highest BCUT2D eigenvalue weighted by molar-refractivity contribution is 7.09. The molecule has 18 heavy (non-hydrogen) atoms. The molecule has 1 aromatic heterocycles. The highest BCUT2D eigenvalue weighted by Crippen LogP contribution is 2.32. The summed E-state index contributed by atoms with van der Waals surface area (Å²) in [5.74, 6) is 0. The van der Waals surface area contributed by atoms with Crippen LogP contribution in [0.1, 0.15) is 57.2 Å². The summed E-state index contributed by atoms with van der Waals surface area (Å²) in [6, 6.07) is 0.144. The molecule has 3 N–H and O–H groups in total. The Morgan fingerprint density at radius 1 is 1.56 bits per heavy atom. The van der Waals surface area contributed by atoms with E-state index in [0.29, 0.717) is 12.8 Å². The Morgan fingerprint density at radius 2 is 2.28 bits per heavy atom. The van der Waals surface area contributed by atoms with Crippen molar-refractivity contribution in [1.82, 2.24) is 4.98 Å². The van der Waals surface area contributed by atoms with Gasteiger partial charge in [-0.2, -0.15) is 0 Å². The first-order valence-corrected chi connectivity index (χ1v) is 7.59. The van der Waals surface area contributed by atoms with Crippen LogP contribution in [0.25, 0.3) is 0 Å². The third-order valence-electron chi connectivity index (χ3n) is 3.66. The lowest BCUT2D eigenvalue weighted by molar-refractivity contribution is -0.00198. The van der Waals surface area contributed by atoms with Crippen LogP contribution >= 0.6 is 11.3 Å². The Balaban J connectivity index is 2.07. The minimum Gasteiger partial charge on any atom is -0.389 e. The van der Waals surface area contributed by atoms with Crippen molar-refractivity contribution >= 4 is 11.3 Å². The molecule has 1 aromatic rings. The van der Waals surface area contributed by atoms with Gasteiger partial charge in [0.25, 0.3) is 0 Å². The molecule has 2 rings (SSSR count). The number of nitrogens with zero attached hydrogens (tertiary/aromatic N) is 1. The van der Waals surface area contributed by atoms with Crippen LogP contribution in [-0.2, 0) is 11.8 Å². The van der Waals surface area contributed by atoms with Crippen LogP contribution in [0.2, 0.25) is 0 Å². The van der Waals surface area contributed by atoms with Crippen molar-refractivity contribution in [3.63, 3.8) is 0 Å². The van der Waals surface area contributed by atoms with Crippen molar-refractivity contribution in [2.24, 2.45) is 5.73 Å². The molecule has 0 bridgehead atoms. The van der Waals surface area contributed by atoms with E-state index >= 15 is 0 Å². The van der Waals surface area contributed by atoms with Crippen LogP contribution in [0.5, 0.6) is 0 Å². The molecular weight excluding hydrogens is 244 g/mol. The molecule has 102 valence electrons. The number of thiazole rings is 1. The highest BCUT2D eigenvalue weighted by Gasteiger charge is 2.34. The van der Waals surface area contributed by atoms with Gasteiger partial charge in [-0.15, -0.1) is 11.3 Å². The predicted molar refractivity (Wildman–Crippen MR) is 75.9 cm³/mol. The SMILES string of the molecule is CC(C)(C)c1csc(CC2(O)CCCC(N)C2)n1. The molecule has 0 radical (unpaired) electrons. The van der Waals surface area contributed by atoms with E-state index in [1.54, 1.807) is 11.3 Å². The van der Waals surface area contributed by atoms with Crippen molar-refractivity contribution in [2.45, 2.75) is 69.9 Å². The van der Waals surface area contributed by atoms with Crippen LogP contribution in [0, 0.1) is 0 Å². The molecule has 1 heterocycles. The minimum atomic E-state index is -0.634. The predicted octanol–water partition coefficient (Wildman–Crippen LogP) is 2.62. The number of hydrogen-bond acceptors (Lipinski definition) is 4. The zero-order valence-corrected chi connectivity index (χ0v) is 12.4. The number of rotatable bonds is 2. The topological polar surface area (TPSA) is 59.1 Å². The monoisotopic (exact) mass is 268 g/mol. The van der Waals surface area contributed by atoms with Gasteiger partial charge in [0, 0.05) is 23.3 Å². The summed E-state index contributed by atoms with van der Waals surface area (Å²) in [7, 11) is 0. The first kappa shape index (κ1) is 14.0. The Labute approximate surface area is 113 Å². The molecule has 1 saturated carbocycles. The van der Waals surface area contributed by atoms with E-state index in [1.165, 1.54) is 0 Å². The average molecular weight is 268 g/mol. The summed E-state index contributed by atoms with van der Waals surface area (Å²) in [6.45, 7) is 6.49. The number of nitrogens with two attached hydrogens (primary N) is 1. The zero-order chi connectivity index (χ0) is 13.4. The van der Waals surface area contributed by atoms with Crippen LogP contribution in [0.3, 0.4) is 0 Å². The van der Waals surface area contributed by atoms with E-state index in [4.69, 9.17) is 5.73 Å². The van der Waals surface area contributed by atoms with Gasteiger partial charge >= 0.3 is 0 Å². The molecule has 0 aromatic carbocycles. The fourth-order valence-corrected chi connectivity index (χ4v) is 3.72. The summed E-state index contributed by atoms with van der Waals surface area (Å²) < 4.78 is 0. The van der Waals surface area contributed by atoms with E-state index in [9.17, 15) is 5.11 Å². The molecule has 4 heteroatoms. The van der Waals surface area contributed by atoms with Crippen molar-refractivity contribution in [3.05, 3.63) is 16.1 Å². The number of aromatic nitrogens is 1. The second-order valence-corrected chi connectivity index (χ2v) is 7.58. The summed E-state index contributed by atoms with van der Waals surface area (Å²) >= 11 is 1.66. The fraction of sp³-hybridized carbons (Fsp3) is 0.786. The van der Waals surface area contributed by atoms with Gasteiger partial charge in [-0.1, -0.05) is 20.8 Å². The van der Waals surface area contributed by atoms with Crippen molar-refractivity contribution in [1.29, 1.82) is 0 Å². The molecule has 1 fully saturated rings. The molecular formula is C14H24N2OS. The van der Waals surface area contributed by atoms with Gasteiger partial charge in [-0.05, 0) is 25.7 Å². The van der Waals surface area contributed by atoms with Gasteiger partial charge in [-0.3, -0.25) is 0 Å². The molecule has 0 saturated heterocycles. The Bertz CT molecular complexity index is 410. The molecule has 0 spiro atoms. The van der Waals surface area contributed by atoms with Crippen LogP contribution in [-0.4, -0.2) is 21.7 Å². The summed E-state index contributed by atoms with van der Waals surface area (Å²) in [5.41, 5.74) is 6.53. The first-order valence-electron chi connectivity index (χ1n) is 6.71. The largest absolute Gasteiger partial charge is 0.389 e. The normalized spacial score (nSPS) is 29.5. The molecule has 0 aliphatic heterocycles. The van der Waals surface area contributed by atoms with E-state index in [1.807, 2.05) is 0 Å². The fourth-order valence-electron chi connectivity index (χ4n) is 2.56. The Morgan fingerprint density at radius 3 is 2.83 bits per heavy atom. The van der Waals surface area contributed by atoms with Gasteiger partial charge in [0.2, 0.25) is 0 Å². The first-order chi connectivity index (χ1) is 8.28. The van der Waals surface area contributed by atoms with E-state index < -0.39 is 5.60 Å². The maximum absolute atomic E-state index is 10.6. The smallest absolute Gasteiger partial charge is 0.0957 e. The summed E-state index contributed by atoms with van der Waals surface area (Å²) in [6.07, 6.45) is 4.27. The lowest BCUT2D eigenvalue weighted by atomic mass is 9.80. The lowest BCUT2D eigenvalue weighted by Crippen LogP contribution is -2.42. The molecule has 1 aliphatic carbocycles. The van der Waals surface area contributed by atoms with Gasteiger partial charge < -0.3 is 10.8 Å². The Hall–Kier alpha value is -0.450. The molecule has 2 unspecified atom stereocenters. The van der Waals surface area contributed by atoms with Crippen molar-refractivity contribution < 1.29 is 5.11 Å². The maximum Gasteiger partial charge on any atom is 0.0957 e. The number of aliphatic hydroxyl groups is 1. The second-order valence-electron chi connectivity index (χ2n) is 6.63. The van der Waals surface area contributed by atoms with Crippen LogP contribution < -0.4 is 5.73 Å². The van der Waals surface area contributed by atoms with Gasteiger partial charge in [0.05, 0.1) is 16.3 Å². The van der Waals surface area contributed by atoms with Gasteiger partial charge in [-0.25, -0.2) is 4.98 Å². The highest BCUT2D eigenvalue weighted by atomic mass is 32.1. The van der Waals surface area contributed by atoms with E-state index in [0.717, 1.165) is 30.0 Å².